The van der Waals surface area contributed by atoms with Crippen LogP contribution < -0.4 is 0 Å². The number of nitrogens with zero attached hydrogens (tertiary/aromatic N) is 2. The van der Waals surface area contributed by atoms with E-state index in [4.69, 9.17) is 4.74 Å². The highest BCUT2D eigenvalue weighted by Crippen LogP contribution is 2.09. The summed E-state index contributed by atoms with van der Waals surface area (Å²) < 4.78 is 7.99. The minimum absolute atomic E-state index is 0.187. The number of esters is 1. The maximum atomic E-state index is 11.4. The largest absolute Gasteiger partial charge is 0.460 e. The summed E-state index contributed by atoms with van der Waals surface area (Å²) in [5, 5.41) is 4.09. The van der Waals surface area contributed by atoms with E-state index in [2.05, 4.69) is 27.7 Å². The van der Waals surface area contributed by atoms with Crippen molar-refractivity contribution in [2.45, 2.75) is 39.3 Å². The van der Waals surface area contributed by atoms with E-state index in [1.54, 1.807) is 10.9 Å². The normalized spacial score (nSPS) is 11.5. The average molecular weight is 322 g/mol. The molecule has 15 heavy (non-hydrogen) atoms. The Balaban J connectivity index is 2.35. The Morgan fingerprint density at radius 3 is 2.73 bits per heavy atom. The van der Waals surface area contributed by atoms with Gasteiger partial charge in [0.05, 0.1) is 22.7 Å². The number of rotatable bonds is 3. The van der Waals surface area contributed by atoms with Crippen LogP contribution in [0.4, 0.5) is 0 Å². The monoisotopic (exact) mass is 322 g/mol. The lowest BCUT2D eigenvalue weighted by atomic mass is 10.2. The highest BCUT2D eigenvalue weighted by atomic mass is 127. The summed E-state index contributed by atoms with van der Waals surface area (Å²) >= 11 is 2.18. The number of aromatic nitrogens is 2. The van der Waals surface area contributed by atoms with E-state index in [0.29, 0.717) is 13.0 Å². The lowest BCUT2D eigenvalue weighted by molar-refractivity contribution is -0.155. The quantitative estimate of drug-likeness (QED) is 0.633. The molecule has 0 saturated carbocycles. The van der Waals surface area contributed by atoms with Crippen molar-refractivity contribution in [3.63, 3.8) is 0 Å². The number of hydrogen-bond donors (Lipinski definition) is 0. The molecule has 0 saturated heterocycles. The second kappa shape index (κ2) is 4.96. The van der Waals surface area contributed by atoms with Gasteiger partial charge < -0.3 is 4.74 Å². The highest BCUT2D eigenvalue weighted by Gasteiger charge is 2.15. The zero-order valence-corrected chi connectivity index (χ0v) is 11.3. The van der Waals surface area contributed by atoms with Crippen LogP contribution in [0.3, 0.4) is 0 Å². The van der Waals surface area contributed by atoms with Gasteiger partial charge in [0.15, 0.2) is 0 Å². The van der Waals surface area contributed by atoms with Gasteiger partial charge in [-0.25, -0.2) is 0 Å². The molecule has 0 aliphatic heterocycles. The van der Waals surface area contributed by atoms with Gasteiger partial charge in [-0.2, -0.15) is 5.10 Å². The van der Waals surface area contributed by atoms with Crippen LogP contribution in [0.2, 0.25) is 0 Å². The molecule has 1 aromatic rings. The molecule has 84 valence electrons. The third-order valence-electron chi connectivity index (χ3n) is 1.57. The Morgan fingerprint density at radius 1 is 1.60 bits per heavy atom. The Labute approximate surface area is 103 Å². The summed E-state index contributed by atoms with van der Waals surface area (Å²) in [6, 6.07) is 0. The van der Waals surface area contributed by atoms with Crippen LogP contribution in [-0.4, -0.2) is 21.4 Å². The summed E-state index contributed by atoms with van der Waals surface area (Å²) in [6.07, 6.45) is 4.01. The van der Waals surface area contributed by atoms with E-state index >= 15 is 0 Å². The average Bonchev–Trinajstić information content (AvgIpc) is 2.45. The van der Waals surface area contributed by atoms with Crippen molar-refractivity contribution < 1.29 is 9.53 Å². The number of hydrogen-bond acceptors (Lipinski definition) is 3. The molecule has 0 bridgehead atoms. The van der Waals surface area contributed by atoms with Crippen molar-refractivity contribution in [3.05, 3.63) is 16.0 Å². The maximum absolute atomic E-state index is 11.4. The van der Waals surface area contributed by atoms with Crippen molar-refractivity contribution in [1.29, 1.82) is 0 Å². The van der Waals surface area contributed by atoms with Crippen molar-refractivity contribution in [2.24, 2.45) is 0 Å². The molecule has 1 rings (SSSR count). The van der Waals surface area contributed by atoms with Gasteiger partial charge in [-0.1, -0.05) is 0 Å². The van der Waals surface area contributed by atoms with E-state index in [-0.39, 0.29) is 5.97 Å². The number of aryl methyl sites for hydroxylation is 1. The van der Waals surface area contributed by atoms with Gasteiger partial charge in [0.2, 0.25) is 0 Å². The van der Waals surface area contributed by atoms with Crippen LogP contribution >= 0.6 is 22.6 Å². The standard InChI is InChI=1S/C10H15IN2O2/c1-10(2,3)15-9(14)4-5-13-7-8(11)6-12-13/h6-7H,4-5H2,1-3H3. The minimum Gasteiger partial charge on any atom is -0.460 e. The van der Waals surface area contributed by atoms with Crippen LogP contribution in [0.1, 0.15) is 27.2 Å². The molecule has 0 unspecified atom stereocenters. The van der Waals surface area contributed by atoms with Gasteiger partial charge in [0, 0.05) is 6.20 Å². The van der Waals surface area contributed by atoms with Crippen molar-refractivity contribution >= 4 is 28.6 Å². The fourth-order valence-corrected chi connectivity index (χ4v) is 1.51. The van der Waals surface area contributed by atoms with Gasteiger partial charge in [0.1, 0.15) is 5.60 Å². The number of carbonyl (C=O) groups excluding carboxylic acids is 1. The van der Waals surface area contributed by atoms with Crippen molar-refractivity contribution in [1.82, 2.24) is 9.78 Å². The second-order valence-electron chi connectivity index (χ2n) is 4.26. The number of ether oxygens (including phenoxy) is 1. The van der Waals surface area contributed by atoms with Gasteiger partial charge in [0.25, 0.3) is 0 Å². The zero-order chi connectivity index (χ0) is 11.5. The van der Waals surface area contributed by atoms with Gasteiger partial charge in [-0.05, 0) is 43.4 Å². The topological polar surface area (TPSA) is 44.1 Å². The molecular formula is C10H15IN2O2. The zero-order valence-electron chi connectivity index (χ0n) is 9.16. The van der Waals surface area contributed by atoms with Crippen LogP contribution in [0, 0.1) is 3.57 Å². The predicted molar refractivity (Wildman–Crippen MR) is 65.4 cm³/mol. The summed E-state index contributed by atoms with van der Waals surface area (Å²) in [5.74, 6) is -0.187. The van der Waals surface area contributed by atoms with Gasteiger partial charge in [-0.3, -0.25) is 9.48 Å². The Bertz CT molecular complexity index is 341. The first-order valence-corrected chi connectivity index (χ1v) is 5.84. The van der Waals surface area contributed by atoms with E-state index < -0.39 is 5.60 Å². The number of halogens is 1. The lowest BCUT2D eigenvalue weighted by Gasteiger charge is -2.19. The van der Waals surface area contributed by atoms with Crippen LogP contribution in [0.15, 0.2) is 12.4 Å². The van der Waals surface area contributed by atoms with Crippen molar-refractivity contribution in [3.8, 4) is 0 Å². The molecule has 5 heteroatoms. The molecule has 1 aromatic heterocycles. The molecule has 1 heterocycles. The molecule has 0 fully saturated rings. The molecule has 4 nitrogen and oxygen atoms in total. The first kappa shape index (κ1) is 12.5. The second-order valence-corrected chi connectivity index (χ2v) is 5.50. The summed E-state index contributed by atoms with van der Waals surface area (Å²) in [7, 11) is 0. The fourth-order valence-electron chi connectivity index (χ4n) is 1.06. The molecule has 0 radical (unpaired) electrons. The summed E-state index contributed by atoms with van der Waals surface area (Å²) in [4.78, 5) is 11.4. The molecular weight excluding hydrogens is 307 g/mol. The smallest absolute Gasteiger partial charge is 0.308 e. The molecule has 0 amide bonds. The predicted octanol–water partition coefficient (Wildman–Crippen LogP) is 2.22. The van der Waals surface area contributed by atoms with Gasteiger partial charge in [-0.15, -0.1) is 0 Å². The van der Waals surface area contributed by atoms with Gasteiger partial charge >= 0.3 is 5.97 Å². The maximum Gasteiger partial charge on any atom is 0.308 e. The van der Waals surface area contributed by atoms with E-state index in [1.807, 2.05) is 27.0 Å². The number of carbonyl (C=O) groups is 1. The lowest BCUT2D eigenvalue weighted by Crippen LogP contribution is -2.24. The van der Waals surface area contributed by atoms with Crippen LogP contribution in [-0.2, 0) is 16.1 Å². The molecule has 0 atom stereocenters. The highest BCUT2D eigenvalue weighted by molar-refractivity contribution is 14.1. The molecule has 0 aromatic carbocycles. The third kappa shape index (κ3) is 5.15. The molecule has 0 spiro atoms. The Kier molecular flexibility index (Phi) is 4.12. The van der Waals surface area contributed by atoms with Crippen LogP contribution in [0.25, 0.3) is 0 Å². The first-order valence-electron chi connectivity index (χ1n) is 4.76. The molecule has 0 aliphatic rings. The SMILES string of the molecule is CC(C)(C)OC(=O)CCn1cc(I)cn1. The third-order valence-corrected chi connectivity index (χ3v) is 2.12. The van der Waals surface area contributed by atoms with Crippen LogP contribution in [0.5, 0.6) is 0 Å². The Morgan fingerprint density at radius 2 is 2.27 bits per heavy atom. The first-order chi connectivity index (χ1) is 6.87. The molecule has 0 N–H and O–H groups in total. The minimum atomic E-state index is -0.407. The van der Waals surface area contributed by atoms with Crippen molar-refractivity contribution in [2.75, 3.05) is 0 Å². The fraction of sp³-hybridized carbons (Fsp3) is 0.600. The van der Waals surface area contributed by atoms with E-state index in [1.165, 1.54) is 0 Å². The summed E-state index contributed by atoms with van der Waals surface area (Å²) in [6.45, 7) is 6.16. The Hall–Kier alpha value is -0.590. The summed E-state index contributed by atoms with van der Waals surface area (Å²) in [5.41, 5.74) is -0.407. The van der Waals surface area contributed by atoms with E-state index in [9.17, 15) is 4.79 Å². The molecule has 0 aliphatic carbocycles. The van der Waals surface area contributed by atoms with E-state index in [0.717, 1.165) is 3.57 Å².